The van der Waals surface area contributed by atoms with Gasteiger partial charge in [0.15, 0.2) is 0 Å². The summed E-state index contributed by atoms with van der Waals surface area (Å²) in [7, 11) is 0. The molecule has 0 radical (unpaired) electrons. The minimum absolute atomic E-state index is 0.210. The van der Waals surface area contributed by atoms with E-state index in [4.69, 9.17) is 4.74 Å². The minimum Gasteiger partial charge on any atom is -0.375 e. The lowest BCUT2D eigenvalue weighted by molar-refractivity contribution is -0.394. The Hall–Kier alpha value is -2.47. The molecule has 138 valence electrons. The van der Waals surface area contributed by atoms with Crippen LogP contribution in [0.2, 0.25) is 0 Å². The van der Waals surface area contributed by atoms with Crippen molar-refractivity contribution in [2.45, 2.75) is 25.6 Å². The van der Waals surface area contributed by atoms with Crippen molar-refractivity contribution < 1.29 is 27.8 Å². The van der Waals surface area contributed by atoms with Gasteiger partial charge in [0, 0.05) is 19.2 Å². The fourth-order valence-electron chi connectivity index (χ4n) is 2.43. The van der Waals surface area contributed by atoms with Crippen LogP contribution < -0.4 is 5.43 Å². The molecule has 1 aliphatic heterocycles. The Labute approximate surface area is 139 Å². The number of hydrogen-bond acceptors (Lipinski definition) is 7. The molecule has 1 saturated heterocycles. The van der Waals surface area contributed by atoms with E-state index in [1.54, 1.807) is 0 Å². The Bertz CT molecular complexity index is 682. The maximum absolute atomic E-state index is 13.3. The van der Waals surface area contributed by atoms with Crippen LogP contribution in [0.3, 0.4) is 0 Å². The SMILES string of the molecule is CCC1CN(Nc2c([N+](=O)[O-])cc([N+](=O)[O-])cc2C(F)(F)F)CCO1. The van der Waals surface area contributed by atoms with Crippen LogP contribution in [0.4, 0.5) is 30.2 Å². The molecule has 0 aromatic heterocycles. The number of nitrogens with zero attached hydrogens (tertiary/aromatic N) is 3. The van der Waals surface area contributed by atoms with Crippen molar-refractivity contribution >= 4 is 17.1 Å². The second-order valence-electron chi connectivity index (χ2n) is 5.36. The third kappa shape index (κ3) is 4.33. The lowest BCUT2D eigenvalue weighted by atomic mass is 10.1. The van der Waals surface area contributed by atoms with Gasteiger partial charge in [0.2, 0.25) is 0 Å². The van der Waals surface area contributed by atoms with Crippen molar-refractivity contribution in [2.24, 2.45) is 0 Å². The molecule has 0 aliphatic carbocycles. The van der Waals surface area contributed by atoms with Gasteiger partial charge in [-0.3, -0.25) is 20.2 Å². The van der Waals surface area contributed by atoms with Gasteiger partial charge in [-0.1, -0.05) is 6.92 Å². The molecule has 0 saturated carbocycles. The van der Waals surface area contributed by atoms with E-state index in [2.05, 4.69) is 5.43 Å². The average molecular weight is 364 g/mol. The number of anilines is 1. The molecule has 1 N–H and O–H groups in total. The predicted molar refractivity (Wildman–Crippen MR) is 80.0 cm³/mol. The van der Waals surface area contributed by atoms with E-state index in [-0.39, 0.29) is 31.9 Å². The highest BCUT2D eigenvalue weighted by atomic mass is 19.4. The van der Waals surface area contributed by atoms with E-state index in [0.717, 1.165) is 0 Å². The van der Waals surface area contributed by atoms with Gasteiger partial charge in [-0.2, -0.15) is 13.2 Å². The van der Waals surface area contributed by atoms with Crippen molar-refractivity contribution in [3.63, 3.8) is 0 Å². The largest absolute Gasteiger partial charge is 0.418 e. The predicted octanol–water partition coefficient (Wildman–Crippen LogP) is 2.96. The van der Waals surface area contributed by atoms with Gasteiger partial charge in [0.1, 0.15) is 5.69 Å². The summed E-state index contributed by atoms with van der Waals surface area (Å²) >= 11 is 0. The molecule has 2 rings (SSSR count). The molecule has 9 nitrogen and oxygen atoms in total. The summed E-state index contributed by atoms with van der Waals surface area (Å²) < 4.78 is 45.3. The Morgan fingerprint density at radius 1 is 1.32 bits per heavy atom. The van der Waals surface area contributed by atoms with Gasteiger partial charge in [0.05, 0.1) is 34.2 Å². The molecule has 0 bridgehead atoms. The monoisotopic (exact) mass is 364 g/mol. The Morgan fingerprint density at radius 2 is 2.00 bits per heavy atom. The number of benzene rings is 1. The maximum Gasteiger partial charge on any atom is 0.418 e. The fourth-order valence-corrected chi connectivity index (χ4v) is 2.43. The number of halogens is 3. The smallest absolute Gasteiger partial charge is 0.375 e. The van der Waals surface area contributed by atoms with Gasteiger partial charge in [-0.25, -0.2) is 5.01 Å². The van der Waals surface area contributed by atoms with Gasteiger partial charge < -0.3 is 10.2 Å². The van der Waals surface area contributed by atoms with Crippen molar-refractivity contribution in [2.75, 3.05) is 25.1 Å². The summed E-state index contributed by atoms with van der Waals surface area (Å²) in [5.74, 6) is 0. The van der Waals surface area contributed by atoms with E-state index < -0.39 is 38.6 Å². The molecule has 1 aliphatic rings. The second-order valence-corrected chi connectivity index (χ2v) is 5.36. The number of alkyl halides is 3. The van der Waals surface area contributed by atoms with Crippen molar-refractivity contribution in [3.8, 4) is 0 Å². The Morgan fingerprint density at radius 3 is 2.52 bits per heavy atom. The zero-order valence-electron chi connectivity index (χ0n) is 13.1. The number of rotatable bonds is 5. The number of nitro groups is 2. The fraction of sp³-hybridized carbons (Fsp3) is 0.538. The normalized spacial score (nSPS) is 18.8. The summed E-state index contributed by atoms with van der Waals surface area (Å²) in [6, 6.07) is 0.794. The van der Waals surface area contributed by atoms with E-state index in [1.165, 1.54) is 5.01 Å². The molecule has 1 heterocycles. The van der Waals surface area contributed by atoms with E-state index in [9.17, 15) is 33.4 Å². The van der Waals surface area contributed by atoms with Crippen LogP contribution in [0, 0.1) is 20.2 Å². The maximum atomic E-state index is 13.3. The molecule has 0 amide bonds. The lowest BCUT2D eigenvalue weighted by Gasteiger charge is -2.33. The van der Waals surface area contributed by atoms with Crippen LogP contribution in [-0.4, -0.2) is 40.7 Å². The molecule has 1 aromatic carbocycles. The lowest BCUT2D eigenvalue weighted by Crippen LogP contribution is -2.45. The van der Waals surface area contributed by atoms with E-state index >= 15 is 0 Å². The number of morpholine rings is 1. The van der Waals surface area contributed by atoms with E-state index in [1.807, 2.05) is 6.92 Å². The molecular weight excluding hydrogens is 349 g/mol. The molecule has 1 aromatic rings. The number of nitro benzene ring substituents is 2. The zero-order chi connectivity index (χ0) is 18.8. The van der Waals surface area contributed by atoms with E-state index in [0.29, 0.717) is 12.5 Å². The standard InChI is InChI=1S/C13H15F3N4O5/c1-2-9-7-18(3-4-25-9)17-12-10(13(14,15)16)5-8(19(21)22)6-11(12)20(23)24/h5-6,9,17H,2-4,7H2,1H3. The van der Waals surface area contributed by atoms with Gasteiger partial charge >= 0.3 is 11.9 Å². The van der Waals surface area contributed by atoms with Gasteiger partial charge in [-0.05, 0) is 6.42 Å². The highest BCUT2D eigenvalue weighted by Gasteiger charge is 2.40. The van der Waals surface area contributed by atoms with Crippen molar-refractivity contribution in [1.82, 2.24) is 5.01 Å². The first-order valence-corrected chi connectivity index (χ1v) is 7.30. The molecule has 1 unspecified atom stereocenters. The zero-order valence-corrected chi connectivity index (χ0v) is 13.1. The molecule has 25 heavy (non-hydrogen) atoms. The summed E-state index contributed by atoms with van der Waals surface area (Å²) in [5, 5.41) is 23.4. The number of hydrogen-bond donors (Lipinski definition) is 1. The van der Waals surface area contributed by atoms with Crippen LogP contribution in [0.25, 0.3) is 0 Å². The molecule has 1 atom stereocenters. The number of non-ortho nitro benzene ring substituents is 1. The first kappa shape index (κ1) is 18.9. The van der Waals surface area contributed by atoms with Gasteiger partial charge in [0.25, 0.3) is 5.69 Å². The second kappa shape index (κ2) is 7.19. The number of nitrogens with one attached hydrogen (secondary N) is 1. The van der Waals surface area contributed by atoms with Crippen LogP contribution in [-0.2, 0) is 10.9 Å². The van der Waals surface area contributed by atoms with Crippen LogP contribution in [0.5, 0.6) is 0 Å². The number of hydrazine groups is 1. The van der Waals surface area contributed by atoms with Crippen molar-refractivity contribution in [3.05, 3.63) is 37.9 Å². The summed E-state index contributed by atoms with van der Waals surface area (Å²) in [4.78, 5) is 19.8. The quantitative estimate of drug-likeness (QED) is 0.631. The highest BCUT2D eigenvalue weighted by molar-refractivity contribution is 5.70. The average Bonchev–Trinajstić information content (AvgIpc) is 2.53. The molecule has 0 spiro atoms. The highest BCUT2D eigenvalue weighted by Crippen LogP contribution is 2.42. The summed E-state index contributed by atoms with van der Waals surface area (Å²) in [6.45, 7) is 2.52. The topological polar surface area (TPSA) is 111 Å². The minimum atomic E-state index is -5.00. The first-order valence-electron chi connectivity index (χ1n) is 7.30. The Kier molecular flexibility index (Phi) is 5.42. The summed E-state index contributed by atoms with van der Waals surface area (Å²) in [5.41, 5.74) is -1.89. The molecule has 1 fully saturated rings. The number of ether oxygens (including phenoxy) is 1. The Balaban J connectivity index is 2.50. The molecule has 12 heteroatoms. The van der Waals surface area contributed by atoms with Gasteiger partial charge in [-0.15, -0.1) is 0 Å². The third-order valence-corrected chi connectivity index (χ3v) is 3.68. The summed E-state index contributed by atoms with van der Waals surface area (Å²) in [6.07, 6.45) is -4.62. The third-order valence-electron chi connectivity index (χ3n) is 3.68. The van der Waals surface area contributed by atoms with Crippen molar-refractivity contribution in [1.29, 1.82) is 0 Å². The van der Waals surface area contributed by atoms with Crippen LogP contribution in [0.15, 0.2) is 12.1 Å². The van der Waals surface area contributed by atoms with Crippen LogP contribution in [0.1, 0.15) is 18.9 Å². The van der Waals surface area contributed by atoms with Crippen LogP contribution >= 0.6 is 0 Å². The first-order chi connectivity index (χ1) is 11.6. The molecular formula is C13H15F3N4O5.